The highest BCUT2D eigenvalue weighted by Crippen LogP contribution is 2.19. The number of hydrogen-bond donors (Lipinski definition) is 1. The van der Waals surface area contributed by atoms with E-state index in [2.05, 4.69) is 10.2 Å². The van der Waals surface area contributed by atoms with Crippen molar-refractivity contribution >= 4 is 34.9 Å². The van der Waals surface area contributed by atoms with Crippen LogP contribution in [-0.2, 0) is 4.79 Å². The SMILES string of the molecule is O=C(NCCN1CCN(C(=O)CSc2ccc(F)cc2)CC1)c1ccsc1. The van der Waals surface area contributed by atoms with Gasteiger partial charge in [0.15, 0.2) is 0 Å². The Labute approximate surface area is 166 Å². The molecule has 5 nitrogen and oxygen atoms in total. The van der Waals surface area contributed by atoms with Crippen LogP contribution in [0.2, 0.25) is 0 Å². The fourth-order valence-electron chi connectivity index (χ4n) is 2.81. The molecule has 2 aromatic rings. The lowest BCUT2D eigenvalue weighted by Gasteiger charge is -2.34. The fraction of sp³-hybridized carbons (Fsp3) is 0.368. The number of benzene rings is 1. The molecular formula is C19H22FN3O2S2. The zero-order chi connectivity index (χ0) is 19.1. The Hall–Kier alpha value is -1.90. The highest BCUT2D eigenvalue weighted by molar-refractivity contribution is 8.00. The topological polar surface area (TPSA) is 52.7 Å². The van der Waals surface area contributed by atoms with Crippen LogP contribution in [-0.4, -0.2) is 66.6 Å². The van der Waals surface area contributed by atoms with Crippen LogP contribution >= 0.6 is 23.1 Å². The second kappa shape index (κ2) is 9.87. The average Bonchev–Trinajstić information content (AvgIpc) is 3.23. The Morgan fingerprint density at radius 2 is 1.85 bits per heavy atom. The third-order valence-corrected chi connectivity index (χ3v) is 6.08. The van der Waals surface area contributed by atoms with E-state index in [1.165, 1.54) is 35.2 Å². The predicted molar refractivity (Wildman–Crippen MR) is 107 cm³/mol. The lowest BCUT2D eigenvalue weighted by atomic mass is 10.3. The van der Waals surface area contributed by atoms with Crippen LogP contribution in [0.1, 0.15) is 10.4 Å². The highest BCUT2D eigenvalue weighted by Gasteiger charge is 2.21. The number of carbonyl (C=O) groups is 2. The first-order valence-electron chi connectivity index (χ1n) is 8.81. The number of thioether (sulfide) groups is 1. The average molecular weight is 408 g/mol. The van der Waals surface area contributed by atoms with Crippen LogP contribution in [0.4, 0.5) is 4.39 Å². The van der Waals surface area contributed by atoms with E-state index in [4.69, 9.17) is 0 Å². The van der Waals surface area contributed by atoms with Crippen molar-refractivity contribution in [3.63, 3.8) is 0 Å². The molecule has 1 aliphatic rings. The smallest absolute Gasteiger partial charge is 0.252 e. The lowest BCUT2D eigenvalue weighted by molar-refractivity contribution is -0.130. The molecule has 1 fully saturated rings. The number of halogens is 1. The second-order valence-electron chi connectivity index (χ2n) is 6.23. The Bertz CT molecular complexity index is 745. The molecule has 0 radical (unpaired) electrons. The van der Waals surface area contributed by atoms with E-state index in [1.54, 1.807) is 12.1 Å². The normalized spacial score (nSPS) is 14.9. The summed E-state index contributed by atoms with van der Waals surface area (Å²) in [6.45, 7) is 4.39. The maximum Gasteiger partial charge on any atom is 0.252 e. The molecule has 0 aliphatic carbocycles. The van der Waals surface area contributed by atoms with Crippen LogP contribution in [0.5, 0.6) is 0 Å². The van der Waals surface area contributed by atoms with Crippen molar-refractivity contribution in [2.45, 2.75) is 4.90 Å². The van der Waals surface area contributed by atoms with Crippen molar-refractivity contribution in [1.82, 2.24) is 15.1 Å². The van der Waals surface area contributed by atoms with Crippen LogP contribution < -0.4 is 5.32 Å². The summed E-state index contributed by atoms with van der Waals surface area (Å²) < 4.78 is 12.9. The molecule has 144 valence electrons. The van der Waals surface area contributed by atoms with Gasteiger partial charge in [0.25, 0.3) is 5.91 Å². The number of nitrogens with zero attached hydrogens (tertiary/aromatic N) is 2. The summed E-state index contributed by atoms with van der Waals surface area (Å²) in [5, 5.41) is 6.65. The van der Waals surface area contributed by atoms with Gasteiger partial charge in [0, 0.05) is 55.1 Å². The molecule has 2 amide bonds. The summed E-state index contributed by atoms with van der Waals surface area (Å²) in [6, 6.07) is 8.00. The van der Waals surface area contributed by atoms with E-state index in [-0.39, 0.29) is 17.6 Å². The van der Waals surface area contributed by atoms with E-state index in [0.29, 0.717) is 31.0 Å². The van der Waals surface area contributed by atoms with Crippen molar-refractivity contribution in [3.05, 3.63) is 52.5 Å². The number of carbonyl (C=O) groups excluding carboxylic acids is 2. The van der Waals surface area contributed by atoms with E-state index >= 15 is 0 Å². The molecule has 1 saturated heterocycles. The predicted octanol–water partition coefficient (Wildman–Crippen LogP) is 2.55. The maximum absolute atomic E-state index is 12.9. The van der Waals surface area contributed by atoms with Crippen LogP contribution in [0, 0.1) is 5.82 Å². The zero-order valence-corrected chi connectivity index (χ0v) is 16.5. The monoisotopic (exact) mass is 407 g/mol. The first-order valence-corrected chi connectivity index (χ1v) is 10.7. The van der Waals surface area contributed by atoms with Gasteiger partial charge in [-0.05, 0) is 35.7 Å². The van der Waals surface area contributed by atoms with Crippen LogP contribution in [0.3, 0.4) is 0 Å². The first kappa shape index (κ1) is 19.9. The lowest BCUT2D eigenvalue weighted by Crippen LogP contribution is -2.50. The van der Waals surface area contributed by atoms with Gasteiger partial charge in [0.1, 0.15) is 5.82 Å². The first-order chi connectivity index (χ1) is 13.1. The van der Waals surface area contributed by atoms with Gasteiger partial charge in [0.2, 0.25) is 5.91 Å². The summed E-state index contributed by atoms with van der Waals surface area (Å²) in [6.07, 6.45) is 0. The van der Waals surface area contributed by atoms with Crippen LogP contribution in [0.15, 0.2) is 46.0 Å². The molecule has 0 atom stereocenters. The summed E-state index contributed by atoms with van der Waals surface area (Å²) in [5.41, 5.74) is 0.703. The fourth-order valence-corrected chi connectivity index (χ4v) is 4.25. The molecule has 2 heterocycles. The van der Waals surface area contributed by atoms with Crippen molar-refractivity contribution in [2.75, 3.05) is 45.0 Å². The number of piperazine rings is 1. The largest absolute Gasteiger partial charge is 0.351 e. The summed E-state index contributed by atoms with van der Waals surface area (Å²) >= 11 is 2.94. The molecule has 27 heavy (non-hydrogen) atoms. The minimum absolute atomic E-state index is 0.0390. The zero-order valence-electron chi connectivity index (χ0n) is 14.9. The standard InChI is InChI=1S/C19H22FN3O2S2/c20-16-1-3-17(4-2-16)27-14-18(24)23-10-8-22(9-11-23)7-6-21-19(25)15-5-12-26-13-15/h1-5,12-13H,6-11,14H2,(H,21,25). The van der Waals surface area contributed by atoms with Gasteiger partial charge in [-0.15, -0.1) is 11.8 Å². The molecule has 0 unspecified atom stereocenters. The molecular weight excluding hydrogens is 385 g/mol. The van der Waals surface area contributed by atoms with Gasteiger partial charge in [-0.1, -0.05) is 0 Å². The summed E-state index contributed by atoms with van der Waals surface area (Å²) in [7, 11) is 0. The van der Waals surface area contributed by atoms with Gasteiger partial charge in [-0.2, -0.15) is 11.3 Å². The van der Waals surface area contributed by atoms with Crippen molar-refractivity contribution in [3.8, 4) is 0 Å². The third-order valence-electron chi connectivity index (χ3n) is 4.40. The molecule has 1 aromatic heterocycles. The van der Waals surface area contributed by atoms with Crippen molar-refractivity contribution in [1.29, 1.82) is 0 Å². The molecule has 0 spiro atoms. The van der Waals surface area contributed by atoms with E-state index in [0.717, 1.165) is 24.5 Å². The minimum Gasteiger partial charge on any atom is -0.351 e. The highest BCUT2D eigenvalue weighted by atomic mass is 32.2. The van der Waals surface area contributed by atoms with Gasteiger partial charge >= 0.3 is 0 Å². The molecule has 1 aliphatic heterocycles. The molecule has 8 heteroatoms. The molecule has 1 aromatic carbocycles. The molecule has 3 rings (SSSR count). The van der Waals surface area contributed by atoms with Crippen LogP contribution in [0.25, 0.3) is 0 Å². The number of thiophene rings is 1. The van der Waals surface area contributed by atoms with E-state index < -0.39 is 0 Å². The molecule has 1 N–H and O–H groups in total. The molecule has 0 bridgehead atoms. The van der Waals surface area contributed by atoms with Crippen molar-refractivity contribution < 1.29 is 14.0 Å². The number of amides is 2. The van der Waals surface area contributed by atoms with Gasteiger partial charge < -0.3 is 10.2 Å². The van der Waals surface area contributed by atoms with Crippen molar-refractivity contribution in [2.24, 2.45) is 0 Å². The summed E-state index contributed by atoms with van der Waals surface area (Å²) in [5.74, 6) is 0.161. The molecule has 0 saturated carbocycles. The maximum atomic E-state index is 12.9. The Morgan fingerprint density at radius 1 is 1.11 bits per heavy atom. The Morgan fingerprint density at radius 3 is 2.52 bits per heavy atom. The third kappa shape index (κ3) is 6.05. The van der Waals surface area contributed by atoms with Gasteiger partial charge in [0.05, 0.1) is 5.75 Å². The number of hydrogen-bond acceptors (Lipinski definition) is 5. The van der Waals surface area contributed by atoms with E-state index in [1.807, 2.05) is 21.7 Å². The Balaban J connectivity index is 1.32. The number of rotatable bonds is 7. The quantitative estimate of drug-likeness (QED) is 0.717. The van der Waals surface area contributed by atoms with Gasteiger partial charge in [-0.3, -0.25) is 14.5 Å². The van der Waals surface area contributed by atoms with E-state index in [9.17, 15) is 14.0 Å². The Kier molecular flexibility index (Phi) is 7.25. The summed E-state index contributed by atoms with van der Waals surface area (Å²) in [4.78, 5) is 29.3. The van der Waals surface area contributed by atoms with Gasteiger partial charge in [-0.25, -0.2) is 4.39 Å². The minimum atomic E-state index is -0.270. The number of nitrogens with one attached hydrogen (secondary N) is 1. The second-order valence-corrected chi connectivity index (χ2v) is 8.06.